The highest BCUT2D eigenvalue weighted by atomic mass is 35.5. The third kappa shape index (κ3) is 8.75. The Kier molecular flexibility index (Phi) is 10.9. The van der Waals surface area contributed by atoms with Crippen molar-refractivity contribution in [2.75, 3.05) is 24.2 Å². The van der Waals surface area contributed by atoms with Gasteiger partial charge in [-0.2, -0.15) is 13.2 Å². The number of carbonyl (C=O) groups excluding carboxylic acids is 2. The first-order valence-corrected chi connectivity index (χ1v) is 15.5. The number of hydrogen-bond acceptors (Lipinski definition) is 5. The zero-order chi connectivity index (χ0) is 30.4. The smallest absolute Gasteiger partial charge is 0.417 e. The second-order valence-corrected chi connectivity index (χ2v) is 12.4. The molecular formula is C28H35ClF3N3O5S. The Labute approximate surface area is 243 Å². The van der Waals surface area contributed by atoms with Crippen molar-refractivity contribution in [3.05, 3.63) is 58.6 Å². The number of halogens is 4. The molecule has 0 unspecified atom stereocenters. The minimum absolute atomic E-state index is 0.0226. The molecule has 226 valence electrons. The molecule has 1 aliphatic carbocycles. The van der Waals surface area contributed by atoms with E-state index in [0.29, 0.717) is 21.7 Å². The number of anilines is 1. The maximum Gasteiger partial charge on any atom is 0.417 e. The Hall–Kier alpha value is -2.99. The van der Waals surface area contributed by atoms with E-state index < -0.39 is 45.3 Å². The van der Waals surface area contributed by atoms with Gasteiger partial charge in [0.1, 0.15) is 18.3 Å². The van der Waals surface area contributed by atoms with Crippen molar-refractivity contribution in [2.24, 2.45) is 0 Å². The van der Waals surface area contributed by atoms with Gasteiger partial charge in [-0.1, -0.05) is 49.9 Å². The molecule has 2 amide bonds. The first kappa shape index (κ1) is 32.5. The van der Waals surface area contributed by atoms with Crippen LogP contribution >= 0.6 is 11.6 Å². The molecule has 1 saturated carbocycles. The summed E-state index contributed by atoms with van der Waals surface area (Å²) in [6, 6.07) is 8.48. The number of amides is 2. The molecule has 2 aromatic rings. The van der Waals surface area contributed by atoms with E-state index >= 15 is 0 Å². The second-order valence-electron chi connectivity index (χ2n) is 10.1. The molecule has 0 saturated heterocycles. The minimum Gasteiger partial charge on any atom is -0.497 e. The standard InChI is InChI=1S/C28H35ClF3N3O5S/c1-4-25(27(37)33-20-8-6-5-7-9-20)34(17-19-10-13-22(40-2)14-11-19)26(36)18-35(41(3,38)39)21-12-15-24(29)23(16-21)28(30,31)32/h10-16,20,25H,4-9,17-18H2,1-3H3,(H,33,37)/t25-/m0/s1. The van der Waals surface area contributed by atoms with Crippen LogP contribution in [0, 0.1) is 0 Å². The molecule has 0 bridgehead atoms. The van der Waals surface area contributed by atoms with Gasteiger partial charge in [0.05, 0.1) is 29.6 Å². The van der Waals surface area contributed by atoms with Gasteiger partial charge in [-0.15, -0.1) is 0 Å². The van der Waals surface area contributed by atoms with Crippen LogP contribution in [0.4, 0.5) is 18.9 Å². The topological polar surface area (TPSA) is 96.0 Å². The number of methoxy groups -OCH3 is 1. The fraction of sp³-hybridized carbons (Fsp3) is 0.500. The van der Waals surface area contributed by atoms with E-state index in [1.54, 1.807) is 31.2 Å². The molecule has 0 aliphatic heterocycles. The number of benzene rings is 2. The summed E-state index contributed by atoms with van der Waals surface area (Å²) in [6.45, 7) is 0.884. The van der Waals surface area contributed by atoms with Crippen LogP contribution in [0.3, 0.4) is 0 Å². The fourth-order valence-corrected chi connectivity index (χ4v) is 5.96. The molecule has 41 heavy (non-hydrogen) atoms. The van der Waals surface area contributed by atoms with Gasteiger partial charge in [-0.05, 0) is 55.2 Å². The van der Waals surface area contributed by atoms with E-state index in [9.17, 15) is 31.2 Å². The van der Waals surface area contributed by atoms with Gasteiger partial charge in [0.2, 0.25) is 21.8 Å². The lowest BCUT2D eigenvalue weighted by molar-refractivity contribution is -0.140. The summed E-state index contributed by atoms with van der Waals surface area (Å²) >= 11 is 5.73. The molecule has 1 fully saturated rings. The van der Waals surface area contributed by atoms with Crippen molar-refractivity contribution in [3.8, 4) is 5.75 Å². The normalized spacial score (nSPS) is 15.2. The van der Waals surface area contributed by atoms with Crippen molar-refractivity contribution in [1.29, 1.82) is 0 Å². The van der Waals surface area contributed by atoms with Crippen LogP contribution in [0.2, 0.25) is 5.02 Å². The molecule has 0 aromatic heterocycles. The molecular weight excluding hydrogens is 583 g/mol. The Bertz CT molecular complexity index is 1320. The summed E-state index contributed by atoms with van der Waals surface area (Å²) in [4.78, 5) is 28.5. The summed E-state index contributed by atoms with van der Waals surface area (Å²) in [5.74, 6) is -0.529. The number of rotatable bonds is 11. The van der Waals surface area contributed by atoms with Crippen LogP contribution in [0.25, 0.3) is 0 Å². The van der Waals surface area contributed by atoms with Gasteiger partial charge in [-0.3, -0.25) is 13.9 Å². The Morgan fingerprint density at radius 1 is 1.10 bits per heavy atom. The molecule has 0 heterocycles. The lowest BCUT2D eigenvalue weighted by Gasteiger charge is -2.34. The fourth-order valence-electron chi connectivity index (χ4n) is 4.89. The van der Waals surface area contributed by atoms with E-state index in [0.717, 1.165) is 50.5 Å². The van der Waals surface area contributed by atoms with Crippen molar-refractivity contribution in [2.45, 2.75) is 70.3 Å². The predicted molar refractivity (Wildman–Crippen MR) is 151 cm³/mol. The quantitative estimate of drug-likeness (QED) is 0.365. The van der Waals surface area contributed by atoms with Gasteiger partial charge in [-0.25, -0.2) is 8.42 Å². The maximum absolute atomic E-state index is 13.8. The first-order chi connectivity index (χ1) is 19.2. The zero-order valence-electron chi connectivity index (χ0n) is 23.2. The number of alkyl halides is 3. The van der Waals surface area contributed by atoms with Gasteiger partial charge in [0, 0.05) is 12.6 Å². The highest BCUT2D eigenvalue weighted by Gasteiger charge is 2.36. The molecule has 0 radical (unpaired) electrons. The van der Waals surface area contributed by atoms with Crippen molar-refractivity contribution >= 4 is 39.1 Å². The molecule has 1 atom stereocenters. The number of nitrogens with zero attached hydrogens (tertiary/aromatic N) is 2. The number of carbonyl (C=O) groups is 2. The summed E-state index contributed by atoms with van der Waals surface area (Å²) in [6.07, 6.45) is 0.907. The van der Waals surface area contributed by atoms with E-state index in [1.807, 2.05) is 0 Å². The number of sulfonamides is 1. The third-order valence-electron chi connectivity index (χ3n) is 7.07. The van der Waals surface area contributed by atoms with Crippen LogP contribution in [-0.2, 0) is 32.3 Å². The van der Waals surface area contributed by atoms with E-state index in [2.05, 4.69) is 5.32 Å². The van der Waals surface area contributed by atoms with Gasteiger partial charge in [0.15, 0.2) is 0 Å². The Balaban J connectivity index is 1.97. The van der Waals surface area contributed by atoms with Gasteiger partial charge < -0.3 is 15.0 Å². The van der Waals surface area contributed by atoms with E-state index in [4.69, 9.17) is 16.3 Å². The molecule has 1 aliphatic rings. The average molecular weight is 618 g/mol. The lowest BCUT2D eigenvalue weighted by Crippen LogP contribution is -2.53. The van der Waals surface area contributed by atoms with Crippen LogP contribution in [-0.4, -0.2) is 57.1 Å². The molecule has 1 N–H and O–H groups in total. The van der Waals surface area contributed by atoms with Crippen LogP contribution in [0.15, 0.2) is 42.5 Å². The molecule has 13 heteroatoms. The summed E-state index contributed by atoms with van der Waals surface area (Å²) in [5, 5.41) is 2.43. The van der Waals surface area contributed by atoms with Crippen molar-refractivity contribution < 1.29 is 35.9 Å². The lowest BCUT2D eigenvalue weighted by atomic mass is 9.95. The monoisotopic (exact) mass is 617 g/mol. The van der Waals surface area contributed by atoms with Gasteiger partial charge in [0.25, 0.3) is 0 Å². The van der Waals surface area contributed by atoms with E-state index in [1.165, 1.54) is 12.0 Å². The zero-order valence-corrected chi connectivity index (χ0v) is 24.8. The van der Waals surface area contributed by atoms with Crippen LogP contribution < -0.4 is 14.4 Å². The Morgan fingerprint density at radius 3 is 2.27 bits per heavy atom. The molecule has 0 spiro atoms. The third-order valence-corrected chi connectivity index (χ3v) is 8.54. The number of hydrogen-bond donors (Lipinski definition) is 1. The van der Waals surface area contributed by atoms with Crippen LogP contribution in [0.5, 0.6) is 5.75 Å². The summed E-state index contributed by atoms with van der Waals surface area (Å²) in [5.41, 5.74) is -0.951. The summed E-state index contributed by atoms with van der Waals surface area (Å²) in [7, 11) is -2.71. The first-order valence-electron chi connectivity index (χ1n) is 13.3. The molecule has 8 nitrogen and oxygen atoms in total. The molecule has 3 rings (SSSR count). The highest BCUT2D eigenvalue weighted by molar-refractivity contribution is 7.92. The highest BCUT2D eigenvalue weighted by Crippen LogP contribution is 2.37. The average Bonchev–Trinajstić information content (AvgIpc) is 2.91. The van der Waals surface area contributed by atoms with Gasteiger partial charge >= 0.3 is 6.18 Å². The minimum atomic E-state index is -4.84. The Morgan fingerprint density at radius 2 is 1.73 bits per heavy atom. The van der Waals surface area contributed by atoms with E-state index in [-0.39, 0.29) is 30.6 Å². The van der Waals surface area contributed by atoms with Crippen LogP contribution in [0.1, 0.15) is 56.6 Å². The summed E-state index contributed by atoms with van der Waals surface area (Å²) < 4.78 is 71.9. The number of ether oxygens (including phenoxy) is 1. The SMILES string of the molecule is CC[C@@H](C(=O)NC1CCCCC1)N(Cc1ccc(OC)cc1)C(=O)CN(c1ccc(Cl)c(C(F)(F)F)c1)S(C)(=O)=O. The second kappa shape index (κ2) is 13.8. The maximum atomic E-state index is 13.8. The number of nitrogens with one attached hydrogen (secondary N) is 1. The largest absolute Gasteiger partial charge is 0.497 e. The molecule has 2 aromatic carbocycles. The van der Waals surface area contributed by atoms with Crippen molar-refractivity contribution in [1.82, 2.24) is 10.2 Å². The van der Waals surface area contributed by atoms with Crippen molar-refractivity contribution in [3.63, 3.8) is 0 Å². The predicted octanol–water partition coefficient (Wildman–Crippen LogP) is 5.39.